The van der Waals surface area contributed by atoms with Crippen LogP contribution in [0.5, 0.6) is 0 Å². The van der Waals surface area contributed by atoms with Crippen LogP contribution in [-0.4, -0.2) is 50.8 Å². The van der Waals surface area contributed by atoms with Crippen LogP contribution in [0.3, 0.4) is 0 Å². The molecule has 1 unspecified atom stereocenters. The predicted molar refractivity (Wildman–Crippen MR) is 134 cm³/mol. The monoisotopic (exact) mass is 541 g/mol. The van der Waals surface area contributed by atoms with Gasteiger partial charge in [0.05, 0.1) is 22.5 Å². The molecule has 0 amide bonds. The first kappa shape index (κ1) is 26.2. The molecule has 1 saturated carbocycles. The molecule has 1 atom stereocenters. The summed E-state index contributed by atoms with van der Waals surface area (Å²) in [5.74, 6) is -0.804. The molecule has 0 radical (unpaired) electrons. The third kappa shape index (κ3) is 7.10. The number of nitrogens with one attached hydrogen (secondary N) is 1. The molecular weight excluding hydrogens is 513 g/mol. The van der Waals surface area contributed by atoms with Crippen molar-refractivity contribution >= 4 is 49.2 Å². The zero-order chi connectivity index (χ0) is 25.3. The number of phosphoric ester groups is 1. The van der Waals surface area contributed by atoms with E-state index in [2.05, 4.69) is 9.25 Å². The molecule has 0 heterocycles. The second-order valence-electron chi connectivity index (χ2n) is 9.01. The van der Waals surface area contributed by atoms with Gasteiger partial charge in [-0.25, -0.2) is 26.1 Å². The highest BCUT2D eigenvalue weighted by molar-refractivity contribution is 7.91. The third-order valence-electron chi connectivity index (χ3n) is 6.18. The van der Waals surface area contributed by atoms with Gasteiger partial charge in [-0.05, 0) is 64.6 Å². The Morgan fingerprint density at radius 2 is 1.51 bits per heavy atom. The van der Waals surface area contributed by atoms with E-state index in [0.29, 0.717) is 5.39 Å². The minimum absolute atomic E-state index is 0.00100. The first-order valence-electron chi connectivity index (χ1n) is 11.3. The van der Waals surface area contributed by atoms with Crippen LogP contribution in [0.15, 0.2) is 59.5 Å². The van der Waals surface area contributed by atoms with Crippen LogP contribution >= 0.6 is 7.82 Å². The lowest BCUT2D eigenvalue weighted by Crippen LogP contribution is -2.38. The number of hydrogen-bond acceptors (Lipinski definition) is 6. The topological polar surface area (TPSA) is 147 Å². The maximum atomic E-state index is 12.9. The maximum Gasteiger partial charge on any atom is 0.469 e. The molecule has 0 bridgehead atoms. The largest absolute Gasteiger partial charge is 0.469 e. The molecule has 1 fully saturated rings. The Kier molecular flexibility index (Phi) is 7.68. The summed E-state index contributed by atoms with van der Waals surface area (Å²) >= 11 is 0. The molecule has 35 heavy (non-hydrogen) atoms. The predicted octanol–water partition coefficient (Wildman–Crippen LogP) is 3.35. The van der Waals surface area contributed by atoms with Crippen LogP contribution in [0.25, 0.3) is 21.5 Å². The molecule has 0 spiro atoms. The van der Waals surface area contributed by atoms with E-state index in [1.807, 2.05) is 36.4 Å². The first-order valence-corrected chi connectivity index (χ1v) is 16.1. The van der Waals surface area contributed by atoms with Gasteiger partial charge in [-0.15, -0.1) is 0 Å². The van der Waals surface area contributed by atoms with Crippen molar-refractivity contribution in [2.45, 2.75) is 36.7 Å². The summed E-state index contributed by atoms with van der Waals surface area (Å²) in [6, 6.07) is 16.1. The Balaban J connectivity index is 1.52. The molecule has 3 N–H and O–H groups in total. The van der Waals surface area contributed by atoms with Gasteiger partial charge in [0, 0.05) is 6.54 Å². The van der Waals surface area contributed by atoms with Crippen molar-refractivity contribution in [2.24, 2.45) is 5.92 Å². The first-order chi connectivity index (χ1) is 16.4. The van der Waals surface area contributed by atoms with E-state index in [1.165, 1.54) is 12.1 Å². The Morgan fingerprint density at radius 3 is 2.14 bits per heavy atom. The SMILES string of the molecule is O=P(O)(O)OC(CNS(=O)(=O)c1ccc2cc3ccccc3cc2c1)CS(=O)(=O)CC1CCCC1. The number of fused-ring (bicyclic) bond motifs is 2. The van der Waals surface area contributed by atoms with Crippen molar-refractivity contribution < 1.29 is 35.7 Å². The Hall–Kier alpha value is -1.85. The summed E-state index contributed by atoms with van der Waals surface area (Å²) < 4.78 is 69.5. The molecule has 1 aliphatic rings. The van der Waals surface area contributed by atoms with Gasteiger partial charge in [0.1, 0.15) is 0 Å². The average molecular weight is 542 g/mol. The Labute approximate surface area is 204 Å². The van der Waals surface area contributed by atoms with Gasteiger partial charge < -0.3 is 9.79 Å². The molecule has 3 aromatic carbocycles. The van der Waals surface area contributed by atoms with Gasteiger partial charge in [-0.1, -0.05) is 43.2 Å². The normalized spacial score (nSPS) is 16.7. The van der Waals surface area contributed by atoms with Gasteiger partial charge in [-0.2, -0.15) is 0 Å². The van der Waals surface area contributed by atoms with Crippen LogP contribution in [-0.2, 0) is 28.9 Å². The molecule has 4 rings (SSSR count). The van der Waals surface area contributed by atoms with Crippen molar-refractivity contribution in [2.75, 3.05) is 18.1 Å². The summed E-state index contributed by atoms with van der Waals surface area (Å²) in [6.45, 7) is -0.604. The van der Waals surface area contributed by atoms with Crippen LogP contribution in [0.4, 0.5) is 0 Å². The molecule has 9 nitrogen and oxygen atoms in total. The zero-order valence-electron chi connectivity index (χ0n) is 18.9. The summed E-state index contributed by atoms with van der Waals surface area (Å²) in [7, 11) is -12.9. The smallest absolute Gasteiger partial charge is 0.303 e. The summed E-state index contributed by atoms with van der Waals surface area (Å²) in [5.41, 5.74) is 0. The Morgan fingerprint density at radius 1 is 0.914 bits per heavy atom. The van der Waals surface area contributed by atoms with Crippen LogP contribution < -0.4 is 4.72 Å². The van der Waals surface area contributed by atoms with Gasteiger partial charge in [0.15, 0.2) is 9.84 Å². The van der Waals surface area contributed by atoms with Crippen molar-refractivity contribution in [3.8, 4) is 0 Å². The lowest BCUT2D eigenvalue weighted by atomic mass is 10.0. The fraction of sp³-hybridized carbons (Fsp3) is 0.391. The van der Waals surface area contributed by atoms with Crippen molar-refractivity contribution in [3.63, 3.8) is 0 Å². The molecular formula is C23H28NO8PS2. The lowest BCUT2D eigenvalue weighted by Gasteiger charge is -2.20. The number of sulfone groups is 1. The van der Waals surface area contributed by atoms with E-state index in [9.17, 15) is 31.2 Å². The standard InChI is InChI=1S/C23H28NO8PS2/c25-33(26,27)32-22(16-34(28,29)15-17-5-1-2-6-17)14-24-35(30,31)23-10-9-20-11-18-7-3-4-8-19(18)12-21(20)13-23/h3-4,7-13,17,22,24H,1-2,5-6,14-16H2,(H2,25,26,27). The van der Waals surface area contributed by atoms with Gasteiger partial charge in [0.2, 0.25) is 10.0 Å². The lowest BCUT2D eigenvalue weighted by molar-refractivity contribution is 0.148. The Bertz CT molecular complexity index is 1480. The van der Waals surface area contributed by atoms with Crippen LogP contribution in [0.1, 0.15) is 25.7 Å². The van der Waals surface area contributed by atoms with Crippen LogP contribution in [0, 0.1) is 5.92 Å². The van der Waals surface area contributed by atoms with Crippen LogP contribution in [0.2, 0.25) is 0 Å². The summed E-state index contributed by atoms with van der Waals surface area (Å²) in [5, 5.41) is 3.52. The molecule has 0 saturated heterocycles. The van der Waals surface area contributed by atoms with Gasteiger partial charge in [0.25, 0.3) is 0 Å². The highest BCUT2D eigenvalue weighted by Gasteiger charge is 2.31. The number of hydrogen-bond donors (Lipinski definition) is 3. The maximum absolute atomic E-state index is 12.9. The summed E-state index contributed by atoms with van der Waals surface area (Å²) in [6.07, 6.45) is 1.93. The molecule has 3 aromatic rings. The van der Waals surface area contributed by atoms with Crippen molar-refractivity contribution in [1.82, 2.24) is 4.72 Å². The number of rotatable bonds is 10. The van der Waals surface area contributed by atoms with Gasteiger partial charge in [-0.3, -0.25) is 4.52 Å². The second kappa shape index (κ2) is 10.3. The highest BCUT2D eigenvalue weighted by Crippen LogP contribution is 2.38. The highest BCUT2D eigenvalue weighted by atomic mass is 32.2. The fourth-order valence-corrected chi connectivity index (χ4v) is 8.26. The summed E-state index contributed by atoms with van der Waals surface area (Å²) in [4.78, 5) is 18.4. The molecule has 12 heteroatoms. The molecule has 190 valence electrons. The zero-order valence-corrected chi connectivity index (χ0v) is 21.4. The van der Waals surface area contributed by atoms with E-state index in [1.54, 1.807) is 6.07 Å². The van der Waals surface area contributed by atoms with Crippen molar-refractivity contribution in [1.29, 1.82) is 0 Å². The third-order valence-corrected chi connectivity index (χ3v) is 10.0. The second-order valence-corrected chi connectivity index (χ2v) is 14.1. The number of phosphoric acid groups is 1. The quantitative estimate of drug-likeness (QED) is 0.262. The van der Waals surface area contributed by atoms with E-state index in [0.717, 1.165) is 41.8 Å². The molecule has 0 aromatic heterocycles. The van der Waals surface area contributed by atoms with E-state index < -0.39 is 46.1 Å². The minimum Gasteiger partial charge on any atom is -0.303 e. The minimum atomic E-state index is -5.05. The number of benzene rings is 3. The fourth-order valence-electron chi connectivity index (χ4n) is 4.58. The van der Waals surface area contributed by atoms with Gasteiger partial charge >= 0.3 is 7.82 Å². The number of sulfonamides is 1. The molecule has 0 aliphatic heterocycles. The van der Waals surface area contributed by atoms with E-state index in [-0.39, 0.29) is 16.6 Å². The molecule has 1 aliphatic carbocycles. The average Bonchev–Trinajstić information content (AvgIpc) is 3.26. The van der Waals surface area contributed by atoms with E-state index in [4.69, 9.17) is 0 Å². The van der Waals surface area contributed by atoms with Crippen molar-refractivity contribution in [3.05, 3.63) is 54.6 Å². The van der Waals surface area contributed by atoms with E-state index >= 15 is 0 Å².